The monoisotopic (exact) mass is 286 g/mol. The molecule has 1 aliphatic heterocycles. The minimum atomic E-state index is -0.979. The lowest BCUT2D eigenvalue weighted by Gasteiger charge is -2.29. The van der Waals surface area contributed by atoms with Crippen molar-refractivity contribution in [2.24, 2.45) is 11.8 Å². The Morgan fingerprint density at radius 2 is 2.00 bits per heavy atom. The van der Waals surface area contributed by atoms with E-state index in [-0.39, 0.29) is 11.9 Å². The van der Waals surface area contributed by atoms with Gasteiger partial charge in [-0.05, 0) is 24.7 Å². The molecule has 0 aliphatic carbocycles. The third-order valence-corrected chi connectivity index (χ3v) is 3.98. The molecule has 0 aromatic rings. The van der Waals surface area contributed by atoms with E-state index in [0.717, 1.165) is 26.1 Å². The van der Waals surface area contributed by atoms with Gasteiger partial charge in [-0.2, -0.15) is 0 Å². The summed E-state index contributed by atoms with van der Waals surface area (Å²) in [5.74, 6) is -0.633. The molecule has 0 radical (unpaired) electrons. The number of amides is 2. The smallest absolute Gasteiger partial charge is 0.326 e. The highest BCUT2D eigenvalue weighted by Crippen LogP contribution is 2.16. The molecule has 20 heavy (non-hydrogen) atoms. The maximum absolute atomic E-state index is 12.1. The summed E-state index contributed by atoms with van der Waals surface area (Å²) in [5.41, 5.74) is 0. The Hall–Kier alpha value is -1.30. The first-order chi connectivity index (χ1) is 9.45. The average Bonchev–Trinajstić information content (AvgIpc) is 2.44. The van der Waals surface area contributed by atoms with Crippen molar-refractivity contribution >= 4 is 12.0 Å². The number of hydrogen-bond acceptors (Lipinski definition) is 3. The first kappa shape index (κ1) is 16.8. The fourth-order valence-electron chi connectivity index (χ4n) is 2.33. The molecule has 2 amide bonds. The third-order valence-electron chi connectivity index (χ3n) is 3.98. The lowest BCUT2D eigenvalue weighted by molar-refractivity contribution is -0.140. The molecule has 6 nitrogen and oxygen atoms in total. The van der Waals surface area contributed by atoms with Crippen LogP contribution in [0.3, 0.4) is 0 Å². The van der Waals surface area contributed by atoms with E-state index >= 15 is 0 Å². The van der Waals surface area contributed by atoms with Crippen molar-refractivity contribution < 1.29 is 19.4 Å². The van der Waals surface area contributed by atoms with Crippen molar-refractivity contribution in [3.63, 3.8) is 0 Å². The zero-order valence-corrected chi connectivity index (χ0v) is 12.6. The molecule has 116 valence electrons. The summed E-state index contributed by atoms with van der Waals surface area (Å²) in [7, 11) is 1.71. The van der Waals surface area contributed by atoms with Gasteiger partial charge in [0.05, 0.1) is 0 Å². The zero-order chi connectivity index (χ0) is 15.1. The molecule has 6 heteroatoms. The number of carboxylic acid groups (broad SMARTS) is 1. The molecular weight excluding hydrogens is 260 g/mol. The van der Waals surface area contributed by atoms with E-state index in [9.17, 15) is 14.7 Å². The minimum Gasteiger partial charge on any atom is -0.480 e. The average molecular weight is 286 g/mol. The number of rotatable bonds is 6. The number of nitrogens with zero attached hydrogens (tertiary/aromatic N) is 1. The Kier molecular flexibility index (Phi) is 6.78. The molecule has 0 spiro atoms. The third kappa shape index (κ3) is 5.00. The van der Waals surface area contributed by atoms with Gasteiger partial charge in [0.1, 0.15) is 6.04 Å². The van der Waals surface area contributed by atoms with Crippen molar-refractivity contribution in [1.82, 2.24) is 10.2 Å². The van der Waals surface area contributed by atoms with Crippen LogP contribution < -0.4 is 5.32 Å². The van der Waals surface area contributed by atoms with Crippen LogP contribution in [-0.4, -0.2) is 54.9 Å². The Labute approximate surface area is 120 Å². The van der Waals surface area contributed by atoms with Crippen LogP contribution >= 0.6 is 0 Å². The number of ether oxygens (including phenoxy) is 1. The van der Waals surface area contributed by atoms with Gasteiger partial charge in [-0.1, -0.05) is 20.3 Å². The summed E-state index contributed by atoms with van der Waals surface area (Å²) in [4.78, 5) is 24.8. The number of aliphatic carboxylic acids is 1. The summed E-state index contributed by atoms with van der Waals surface area (Å²) >= 11 is 0. The molecule has 0 aromatic heterocycles. The number of carboxylic acids is 1. The predicted molar refractivity (Wildman–Crippen MR) is 75.6 cm³/mol. The van der Waals surface area contributed by atoms with E-state index in [2.05, 4.69) is 5.32 Å². The Balaban J connectivity index is 2.48. The van der Waals surface area contributed by atoms with E-state index in [0.29, 0.717) is 18.9 Å². The molecular formula is C14H26N2O4. The Morgan fingerprint density at radius 1 is 1.40 bits per heavy atom. The fourth-order valence-corrected chi connectivity index (χ4v) is 2.33. The van der Waals surface area contributed by atoms with Crippen molar-refractivity contribution in [3.05, 3.63) is 0 Å². The highest BCUT2D eigenvalue weighted by molar-refractivity contribution is 5.82. The lowest BCUT2D eigenvalue weighted by atomic mass is 9.99. The van der Waals surface area contributed by atoms with Crippen molar-refractivity contribution in [1.29, 1.82) is 0 Å². The van der Waals surface area contributed by atoms with Crippen LogP contribution in [0.5, 0.6) is 0 Å². The van der Waals surface area contributed by atoms with Gasteiger partial charge in [-0.3, -0.25) is 0 Å². The number of carbonyl (C=O) groups is 2. The fraction of sp³-hybridized carbons (Fsp3) is 0.857. The summed E-state index contributed by atoms with van der Waals surface area (Å²) < 4.78 is 5.29. The second kappa shape index (κ2) is 8.09. The van der Waals surface area contributed by atoms with Crippen LogP contribution in [0.25, 0.3) is 0 Å². The van der Waals surface area contributed by atoms with Gasteiger partial charge in [-0.25, -0.2) is 9.59 Å². The van der Waals surface area contributed by atoms with Gasteiger partial charge >= 0.3 is 12.0 Å². The molecule has 1 fully saturated rings. The molecule has 1 rings (SSSR count). The second-order valence-electron chi connectivity index (χ2n) is 5.59. The van der Waals surface area contributed by atoms with Gasteiger partial charge in [0.2, 0.25) is 0 Å². The quantitative estimate of drug-likeness (QED) is 0.776. The zero-order valence-electron chi connectivity index (χ0n) is 12.6. The molecule has 0 aromatic carbocycles. The van der Waals surface area contributed by atoms with Gasteiger partial charge < -0.3 is 20.1 Å². The molecule has 2 N–H and O–H groups in total. The maximum Gasteiger partial charge on any atom is 0.326 e. The Morgan fingerprint density at radius 3 is 2.50 bits per heavy atom. The van der Waals surface area contributed by atoms with Gasteiger partial charge in [0.15, 0.2) is 0 Å². The van der Waals surface area contributed by atoms with Crippen LogP contribution in [0, 0.1) is 11.8 Å². The second-order valence-corrected chi connectivity index (χ2v) is 5.59. The first-order valence-corrected chi connectivity index (χ1v) is 7.27. The van der Waals surface area contributed by atoms with Crippen LogP contribution in [-0.2, 0) is 9.53 Å². The molecule has 2 atom stereocenters. The number of nitrogens with one attached hydrogen (secondary N) is 1. The van der Waals surface area contributed by atoms with E-state index in [1.807, 2.05) is 13.8 Å². The summed E-state index contributed by atoms with van der Waals surface area (Å²) in [5, 5.41) is 11.8. The first-order valence-electron chi connectivity index (χ1n) is 7.27. The van der Waals surface area contributed by atoms with Gasteiger partial charge in [0.25, 0.3) is 0 Å². The van der Waals surface area contributed by atoms with E-state index < -0.39 is 12.0 Å². The van der Waals surface area contributed by atoms with Gasteiger partial charge in [0, 0.05) is 26.8 Å². The van der Waals surface area contributed by atoms with Crippen LogP contribution in [0.15, 0.2) is 0 Å². The summed E-state index contributed by atoms with van der Waals surface area (Å²) in [6.45, 7) is 5.87. The minimum absolute atomic E-state index is 0.0899. The van der Waals surface area contributed by atoms with E-state index in [1.54, 1.807) is 11.9 Å². The molecule has 1 unspecified atom stereocenters. The van der Waals surface area contributed by atoms with Crippen LogP contribution in [0.4, 0.5) is 4.79 Å². The molecule has 0 saturated carbocycles. The molecule has 0 bridgehead atoms. The maximum atomic E-state index is 12.1. The largest absolute Gasteiger partial charge is 0.480 e. The number of carbonyl (C=O) groups excluding carboxylic acids is 1. The topological polar surface area (TPSA) is 78.9 Å². The van der Waals surface area contributed by atoms with Gasteiger partial charge in [-0.15, -0.1) is 0 Å². The van der Waals surface area contributed by atoms with Crippen molar-refractivity contribution in [2.75, 3.05) is 26.8 Å². The number of urea groups is 1. The van der Waals surface area contributed by atoms with E-state index in [1.165, 1.54) is 0 Å². The lowest BCUT2D eigenvalue weighted by Crippen LogP contribution is -2.50. The normalized spacial score (nSPS) is 19.1. The highest BCUT2D eigenvalue weighted by atomic mass is 16.5. The summed E-state index contributed by atoms with van der Waals surface area (Å²) in [6.07, 6.45) is 2.61. The molecule has 1 heterocycles. The van der Waals surface area contributed by atoms with Crippen molar-refractivity contribution in [3.8, 4) is 0 Å². The standard InChI is InChI=1S/C14H26N2O4/c1-4-10(2)12(13(17)18)15-14(19)16(3)9-11-5-7-20-8-6-11/h10-12H,4-9H2,1-3H3,(H,15,19)(H,17,18)/t10?,12-/m0/s1. The molecule has 1 saturated heterocycles. The summed E-state index contributed by atoms with van der Waals surface area (Å²) in [6, 6.07) is -1.14. The SMILES string of the molecule is CCC(C)[C@H](NC(=O)N(C)CC1CCOCC1)C(=O)O. The predicted octanol–water partition coefficient (Wildman–Crippen LogP) is 1.55. The highest BCUT2D eigenvalue weighted by Gasteiger charge is 2.27. The van der Waals surface area contributed by atoms with Crippen LogP contribution in [0.1, 0.15) is 33.1 Å². The number of hydrogen-bond donors (Lipinski definition) is 2. The van der Waals surface area contributed by atoms with Crippen LogP contribution in [0.2, 0.25) is 0 Å². The van der Waals surface area contributed by atoms with E-state index in [4.69, 9.17) is 4.74 Å². The van der Waals surface area contributed by atoms with Crippen molar-refractivity contribution in [2.45, 2.75) is 39.2 Å². The molecule has 1 aliphatic rings. The Bertz CT molecular complexity index is 329.